The molecule has 0 saturated heterocycles. The molecule has 0 rings (SSSR count). The van der Waals surface area contributed by atoms with Crippen LogP contribution >= 0.6 is 0 Å². The monoisotopic (exact) mass is 239 g/mol. The highest BCUT2D eigenvalue weighted by Gasteiger charge is 1.97. The number of hydrogen-bond donors (Lipinski definition) is 0. The van der Waals surface area contributed by atoms with Crippen LogP contribution in [0.3, 0.4) is 0 Å². The van der Waals surface area contributed by atoms with Gasteiger partial charge in [-0.15, -0.1) is 0 Å². The maximum Gasteiger partial charge on any atom is 0.0599 e. The maximum atomic E-state index is 5.50. The van der Waals surface area contributed by atoms with Gasteiger partial charge in [0.1, 0.15) is 0 Å². The summed E-state index contributed by atoms with van der Waals surface area (Å²) in [4.78, 5) is 2.29. The molecule has 0 aromatic rings. The van der Waals surface area contributed by atoms with Gasteiger partial charge in [0.05, 0.1) is 12.6 Å². The van der Waals surface area contributed by atoms with Gasteiger partial charge in [-0.05, 0) is 46.7 Å². The minimum atomic E-state index is 0.365. The summed E-state index contributed by atoms with van der Waals surface area (Å²) in [6, 6.07) is 0. The smallest absolute Gasteiger partial charge is 0.0599 e. The zero-order valence-electron chi connectivity index (χ0n) is 12.3. The molecule has 0 fully saturated rings. The lowest BCUT2D eigenvalue weighted by atomic mass is 10.2. The highest BCUT2D eigenvalue weighted by Crippen LogP contribution is 1.99. The predicted octanol–water partition coefficient (Wildman–Crippen LogP) is 3.17. The van der Waals surface area contributed by atoms with Crippen LogP contribution in [-0.4, -0.2) is 37.7 Å². The molecular weight excluding hydrogens is 210 g/mol. The van der Waals surface area contributed by atoms with Gasteiger partial charge in [0.25, 0.3) is 0 Å². The van der Waals surface area contributed by atoms with Gasteiger partial charge in [0, 0.05) is 12.5 Å². The third kappa shape index (κ3) is 13.4. The van der Waals surface area contributed by atoms with E-state index in [0.717, 1.165) is 19.7 Å². The number of ether oxygens (including phenoxy) is 1. The minimum absolute atomic E-state index is 0.365. The molecule has 2 nitrogen and oxygen atoms in total. The van der Waals surface area contributed by atoms with Crippen molar-refractivity contribution in [1.29, 1.82) is 0 Å². The summed E-state index contributed by atoms with van der Waals surface area (Å²) in [7, 11) is 2.14. The Morgan fingerprint density at radius 1 is 1.06 bits per heavy atom. The first-order valence-electron chi connectivity index (χ1n) is 6.81. The van der Waals surface area contributed by atoms with Gasteiger partial charge < -0.3 is 4.74 Å². The summed E-state index contributed by atoms with van der Waals surface area (Å²) < 4.78 is 5.50. The van der Waals surface area contributed by atoms with Crippen molar-refractivity contribution in [1.82, 2.24) is 4.90 Å². The fraction of sp³-hybridized carbons (Fsp3) is 0.867. The van der Waals surface area contributed by atoms with Gasteiger partial charge >= 0.3 is 0 Å². The van der Waals surface area contributed by atoms with Crippen molar-refractivity contribution in [3.63, 3.8) is 0 Å². The molecule has 0 atom stereocenters. The third-order valence-corrected chi connectivity index (χ3v) is 2.38. The normalized spacial score (nSPS) is 11.1. The molecule has 0 radical (unpaired) electrons. The second-order valence-corrected chi connectivity index (χ2v) is 5.19. The van der Waals surface area contributed by atoms with Crippen LogP contribution in [0.2, 0.25) is 0 Å². The van der Waals surface area contributed by atoms with Crippen molar-refractivity contribution in [3.05, 3.63) is 0 Å². The molecule has 0 bridgehead atoms. The van der Waals surface area contributed by atoms with Crippen molar-refractivity contribution in [2.24, 2.45) is 5.92 Å². The SMILES string of the molecule is CC(C)C#CCN(C)CCCCCOC(C)C. The van der Waals surface area contributed by atoms with Gasteiger partial charge in [-0.25, -0.2) is 0 Å². The van der Waals surface area contributed by atoms with Crippen molar-refractivity contribution in [2.75, 3.05) is 26.7 Å². The summed E-state index contributed by atoms with van der Waals surface area (Å²) in [5.41, 5.74) is 0. The first-order valence-corrected chi connectivity index (χ1v) is 6.81. The van der Waals surface area contributed by atoms with E-state index in [-0.39, 0.29) is 0 Å². The topological polar surface area (TPSA) is 12.5 Å². The molecule has 100 valence electrons. The molecule has 0 unspecified atom stereocenters. The Kier molecular flexibility index (Phi) is 10.3. The molecular formula is C15H29NO. The van der Waals surface area contributed by atoms with Crippen molar-refractivity contribution in [3.8, 4) is 11.8 Å². The number of nitrogens with zero attached hydrogens (tertiary/aromatic N) is 1. The van der Waals surface area contributed by atoms with E-state index in [9.17, 15) is 0 Å². The second kappa shape index (κ2) is 10.6. The zero-order chi connectivity index (χ0) is 13.1. The molecule has 0 amide bonds. The molecule has 0 aromatic heterocycles. The van der Waals surface area contributed by atoms with Gasteiger partial charge in [-0.1, -0.05) is 25.7 Å². The molecule has 0 heterocycles. The van der Waals surface area contributed by atoms with E-state index in [0.29, 0.717) is 12.0 Å². The van der Waals surface area contributed by atoms with Crippen molar-refractivity contribution >= 4 is 0 Å². The fourth-order valence-electron chi connectivity index (χ4n) is 1.44. The van der Waals surface area contributed by atoms with Gasteiger partial charge in [0.15, 0.2) is 0 Å². The van der Waals surface area contributed by atoms with Crippen LogP contribution in [0.4, 0.5) is 0 Å². The standard InChI is InChI=1S/C15H29NO/c1-14(2)10-9-12-16(5)11-7-6-8-13-17-15(3)4/h14-15H,6-8,11-13H2,1-5H3. The molecule has 0 aliphatic carbocycles. The minimum Gasteiger partial charge on any atom is -0.379 e. The Hall–Kier alpha value is -0.520. The highest BCUT2D eigenvalue weighted by atomic mass is 16.5. The summed E-state index contributed by atoms with van der Waals surface area (Å²) in [5, 5.41) is 0. The van der Waals surface area contributed by atoms with Crippen molar-refractivity contribution < 1.29 is 4.74 Å². The van der Waals surface area contributed by atoms with E-state index in [1.165, 1.54) is 19.3 Å². The molecule has 0 aromatic carbocycles. The Morgan fingerprint density at radius 2 is 1.76 bits per heavy atom. The molecule has 0 spiro atoms. The van der Waals surface area contributed by atoms with Crippen LogP contribution in [0.1, 0.15) is 47.0 Å². The van der Waals surface area contributed by atoms with Crippen molar-refractivity contribution in [2.45, 2.75) is 53.1 Å². The van der Waals surface area contributed by atoms with E-state index >= 15 is 0 Å². The number of unbranched alkanes of at least 4 members (excludes halogenated alkanes) is 2. The number of rotatable bonds is 8. The van der Waals surface area contributed by atoms with Crippen LogP contribution in [-0.2, 0) is 4.74 Å². The van der Waals surface area contributed by atoms with Crippen LogP contribution in [0.25, 0.3) is 0 Å². The molecule has 0 saturated carbocycles. The molecule has 17 heavy (non-hydrogen) atoms. The van der Waals surface area contributed by atoms with E-state index in [1.54, 1.807) is 0 Å². The molecule has 0 aliphatic heterocycles. The average molecular weight is 239 g/mol. The lowest BCUT2D eigenvalue weighted by Gasteiger charge is -2.13. The van der Waals surface area contributed by atoms with Crippen LogP contribution < -0.4 is 0 Å². The Labute approximate surface area is 108 Å². The van der Waals surface area contributed by atoms with Crippen LogP contribution in [0.15, 0.2) is 0 Å². The van der Waals surface area contributed by atoms with Gasteiger partial charge in [-0.2, -0.15) is 0 Å². The van der Waals surface area contributed by atoms with Crippen LogP contribution in [0, 0.1) is 17.8 Å². The van der Waals surface area contributed by atoms with E-state index in [1.807, 2.05) is 0 Å². The molecule has 0 aliphatic rings. The van der Waals surface area contributed by atoms with Gasteiger partial charge in [0.2, 0.25) is 0 Å². The lowest BCUT2D eigenvalue weighted by molar-refractivity contribution is 0.0754. The van der Waals surface area contributed by atoms with Crippen LogP contribution in [0.5, 0.6) is 0 Å². The van der Waals surface area contributed by atoms with E-state index in [4.69, 9.17) is 4.74 Å². The average Bonchev–Trinajstić information content (AvgIpc) is 2.22. The quantitative estimate of drug-likeness (QED) is 0.476. The summed E-state index contributed by atoms with van der Waals surface area (Å²) >= 11 is 0. The Balaban J connectivity index is 3.34. The molecule has 2 heteroatoms. The predicted molar refractivity (Wildman–Crippen MR) is 75.1 cm³/mol. The zero-order valence-corrected chi connectivity index (χ0v) is 12.3. The Morgan fingerprint density at radius 3 is 2.35 bits per heavy atom. The lowest BCUT2D eigenvalue weighted by Crippen LogP contribution is -2.20. The second-order valence-electron chi connectivity index (χ2n) is 5.19. The fourth-order valence-corrected chi connectivity index (χ4v) is 1.44. The summed E-state index contributed by atoms with van der Waals surface area (Å²) in [6.07, 6.45) is 4.02. The molecule has 0 N–H and O–H groups in total. The third-order valence-electron chi connectivity index (χ3n) is 2.38. The van der Waals surface area contributed by atoms with Gasteiger partial charge in [-0.3, -0.25) is 4.90 Å². The van der Waals surface area contributed by atoms with E-state index in [2.05, 4.69) is 51.5 Å². The summed E-state index contributed by atoms with van der Waals surface area (Å²) in [5.74, 6) is 6.87. The summed E-state index contributed by atoms with van der Waals surface area (Å²) in [6.45, 7) is 11.3. The number of hydrogen-bond acceptors (Lipinski definition) is 2. The Bertz CT molecular complexity index is 225. The highest BCUT2D eigenvalue weighted by molar-refractivity contribution is 5.02. The largest absolute Gasteiger partial charge is 0.379 e. The maximum absolute atomic E-state index is 5.50. The van der Waals surface area contributed by atoms with E-state index < -0.39 is 0 Å². The first-order chi connectivity index (χ1) is 8.02. The first kappa shape index (κ1) is 16.5.